The lowest BCUT2D eigenvalue weighted by atomic mass is 9.82. The van der Waals surface area contributed by atoms with Crippen molar-refractivity contribution in [3.8, 4) is 0 Å². The molecule has 2 heteroatoms. The Bertz CT molecular complexity index is 200. The van der Waals surface area contributed by atoms with Gasteiger partial charge < -0.3 is 10.2 Å². The van der Waals surface area contributed by atoms with E-state index in [2.05, 4.69) is 13.0 Å². The van der Waals surface area contributed by atoms with E-state index in [0.717, 1.165) is 12.8 Å². The minimum absolute atomic E-state index is 0.0932. The van der Waals surface area contributed by atoms with Crippen molar-refractivity contribution in [2.75, 3.05) is 0 Å². The van der Waals surface area contributed by atoms with Gasteiger partial charge in [0, 0.05) is 11.3 Å². The van der Waals surface area contributed by atoms with Crippen molar-refractivity contribution in [3.63, 3.8) is 0 Å². The van der Waals surface area contributed by atoms with Gasteiger partial charge in [0.1, 0.15) is 0 Å². The number of rotatable bonds is 1. The predicted octanol–water partition coefficient (Wildman–Crippen LogP) is 0.694. The zero-order chi connectivity index (χ0) is 8.06. The van der Waals surface area contributed by atoms with Crippen LogP contribution < -0.4 is 0 Å². The van der Waals surface area contributed by atoms with E-state index in [1.54, 1.807) is 0 Å². The maximum absolute atomic E-state index is 9.64. The summed E-state index contributed by atoms with van der Waals surface area (Å²) in [6.45, 7) is 2.06. The molecule has 4 atom stereocenters. The summed E-state index contributed by atoms with van der Waals surface area (Å²) in [5.41, 5.74) is -0.0932. The topological polar surface area (TPSA) is 40.5 Å². The van der Waals surface area contributed by atoms with Gasteiger partial charge in [-0.15, -0.1) is 0 Å². The van der Waals surface area contributed by atoms with E-state index < -0.39 is 12.2 Å². The van der Waals surface area contributed by atoms with E-state index in [-0.39, 0.29) is 11.3 Å². The molecule has 2 nitrogen and oxygen atoms in total. The van der Waals surface area contributed by atoms with Gasteiger partial charge in [0.25, 0.3) is 0 Å². The number of hydrogen-bond donors (Lipinski definition) is 2. The normalized spacial score (nSPS) is 53.9. The van der Waals surface area contributed by atoms with E-state index >= 15 is 0 Å². The molecule has 11 heavy (non-hydrogen) atoms. The van der Waals surface area contributed by atoms with Crippen molar-refractivity contribution in [2.45, 2.75) is 32.0 Å². The summed E-state index contributed by atoms with van der Waals surface area (Å²) < 4.78 is 0. The van der Waals surface area contributed by atoms with Crippen LogP contribution in [0.5, 0.6) is 0 Å². The fraction of sp³-hybridized carbons (Fsp3) is 0.778. The number of hydrogen-bond acceptors (Lipinski definition) is 2. The molecule has 0 aromatic carbocycles. The van der Waals surface area contributed by atoms with Crippen LogP contribution in [-0.2, 0) is 0 Å². The van der Waals surface area contributed by atoms with Gasteiger partial charge in [-0.25, -0.2) is 0 Å². The van der Waals surface area contributed by atoms with Crippen LogP contribution in [0.2, 0.25) is 0 Å². The largest absolute Gasteiger partial charge is 0.390 e. The molecule has 0 heterocycles. The van der Waals surface area contributed by atoms with Gasteiger partial charge in [0.15, 0.2) is 0 Å². The van der Waals surface area contributed by atoms with Crippen LogP contribution in [-0.4, -0.2) is 22.4 Å². The third-order valence-electron chi connectivity index (χ3n) is 3.30. The molecule has 1 saturated carbocycles. The van der Waals surface area contributed by atoms with Crippen molar-refractivity contribution >= 4 is 0 Å². The summed E-state index contributed by atoms with van der Waals surface area (Å²) in [4.78, 5) is 0. The summed E-state index contributed by atoms with van der Waals surface area (Å²) in [6.07, 6.45) is 4.95. The monoisotopic (exact) mass is 154 g/mol. The van der Waals surface area contributed by atoms with Crippen LogP contribution in [0.4, 0.5) is 0 Å². The van der Waals surface area contributed by atoms with Crippen molar-refractivity contribution in [2.24, 2.45) is 11.3 Å². The zero-order valence-corrected chi connectivity index (χ0v) is 6.70. The van der Waals surface area contributed by atoms with Crippen LogP contribution in [0.15, 0.2) is 12.2 Å². The van der Waals surface area contributed by atoms with Crippen molar-refractivity contribution in [1.29, 1.82) is 0 Å². The lowest BCUT2D eigenvalue weighted by molar-refractivity contribution is -0.0162. The Morgan fingerprint density at radius 3 is 2.64 bits per heavy atom. The van der Waals surface area contributed by atoms with E-state index in [0.29, 0.717) is 0 Å². The van der Waals surface area contributed by atoms with Gasteiger partial charge in [0.05, 0.1) is 12.2 Å². The highest BCUT2D eigenvalue weighted by Gasteiger charge is 2.52. The molecule has 0 radical (unpaired) electrons. The molecule has 4 unspecified atom stereocenters. The zero-order valence-electron chi connectivity index (χ0n) is 6.70. The Morgan fingerprint density at radius 2 is 2.27 bits per heavy atom. The average Bonchev–Trinajstić information content (AvgIpc) is 2.53. The van der Waals surface area contributed by atoms with Crippen LogP contribution >= 0.6 is 0 Å². The van der Waals surface area contributed by atoms with E-state index in [9.17, 15) is 10.2 Å². The molecule has 0 spiro atoms. The standard InChI is InChI=1S/C9H14O2/c1-2-9-4-3-6(5-9)7(10)8(9)11/h3-4,6-8,10-11H,2,5H2,1H3. The Morgan fingerprint density at radius 1 is 1.55 bits per heavy atom. The molecule has 2 bridgehead atoms. The highest BCUT2D eigenvalue weighted by molar-refractivity contribution is 5.22. The van der Waals surface area contributed by atoms with E-state index in [1.165, 1.54) is 0 Å². The second-order valence-electron chi connectivity index (χ2n) is 3.75. The SMILES string of the molecule is CCC12C=CC(C1)C(O)C2O. The lowest BCUT2D eigenvalue weighted by Gasteiger charge is -2.28. The highest BCUT2D eigenvalue weighted by Crippen LogP contribution is 2.51. The summed E-state index contributed by atoms with van der Waals surface area (Å²) in [5.74, 6) is 0.213. The predicted molar refractivity (Wildman–Crippen MR) is 42.0 cm³/mol. The first-order valence-corrected chi connectivity index (χ1v) is 4.25. The molecule has 2 N–H and O–H groups in total. The molecule has 62 valence electrons. The number of aliphatic hydroxyl groups is 2. The molecule has 0 aromatic rings. The molecule has 0 amide bonds. The van der Waals surface area contributed by atoms with Crippen LogP contribution in [0.3, 0.4) is 0 Å². The first kappa shape index (κ1) is 7.32. The first-order chi connectivity index (χ1) is 5.19. The summed E-state index contributed by atoms with van der Waals surface area (Å²) in [5, 5.41) is 19.1. The first-order valence-electron chi connectivity index (χ1n) is 4.25. The third-order valence-corrected chi connectivity index (χ3v) is 3.30. The molecule has 2 rings (SSSR count). The van der Waals surface area contributed by atoms with Gasteiger partial charge in [-0.3, -0.25) is 0 Å². The van der Waals surface area contributed by atoms with Gasteiger partial charge >= 0.3 is 0 Å². The Kier molecular flexibility index (Phi) is 1.38. The molecular formula is C9H14O2. The summed E-state index contributed by atoms with van der Waals surface area (Å²) >= 11 is 0. The number of fused-ring (bicyclic) bond motifs is 2. The maximum atomic E-state index is 9.64. The minimum Gasteiger partial charge on any atom is -0.390 e. The van der Waals surface area contributed by atoms with E-state index in [4.69, 9.17) is 0 Å². The molecule has 0 aromatic heterocycles. The fourth-order valence-corrected chi connectivity index (χ4v) is 2.39. The maximum Gasteiger partial charge on any atom is 0.0895 e. The molecule has 0 saturated heterocycles. The molecule has 2 aliphatic carbocycles. The summed E-state index contributed by atoms with van der Waals surface area (Å²) in [7, 11) is 0. The van der Waals surface area contributed by atoms with Gasteiger partial charge in [0.2, 0.25) is 0 Å². The Hall–Kier alpha value is -0.340. The van der Waals surface area contributed by atoms with Crippen molar-refractivity contribution in [3.05, 3.63) is 12.2 Å². The number of aliphatic hydroxyl groups excluding tert-OH is 2. The van der Waals surface area contributed by atoms with E-state index in [1.807, 2.05) is 6.08 Å². The molecular weight excluding hydrogens is 140 g/mol. The van der Waals surface area contributed by atoms with Gasteiger partial charge in [-0.2, -0.15) is 0 Å². The third kappa shape index (κ3) is 0.741. The summed E-state index contributed by atoms with van der Waals surface area (Å²) in [6, 6.07) is 0. The Balaban J connectivity index is 2.31. The quantitative estimate of drug-likeness (QED) is 0.546. The highest BCUT2D eigenvalue weighted by atomic mass is 16.3. The van der Waals surface area contributed by atoms with Crippen LogP contribution in [0.25, 0.3) is 0 Å². The van der Waals surface area contributed by atoms with Crippen LogP contribution in [0, 0.1) is 11.3 Å². The minimum atomic E-state index is -0.525. The molecule has 0 aliphatic heterocycles. The second-order valence-corrected chi connectivity index (χ2v) is 3.75. The lowest BCUT2D eigenvalue weighted by Crippen LogP contribution is -2.36. The van der Waals surface area contributed by atoms with Gasteiger partial charge in [-0.05, 0) is 12.8 Å². The Labute approximate surface area is 66.5 Å². The molecule has 2 aliphatic rings. The van der Waals surface area contributed by atoms with Crippen molar-refractivity contribution in [1.82, 2.24) is 0 Å². The second kappa shape index (κ2) is 2.08. The smallest absolute Gasteiger partial charge is 0.0895 e. The van der Waals surface area contributed by atoms with Crippen molar-refractivity contribution < 1.29 is 10.2 Å². The average molecular weight is 154 g/mol. The van der Waals surface area contributed by atoms with Crippen LogP contribution in [0.1, 0.15) is 19.8 Å². The fourth-order valence-electron chi connectivity index (χ4n) is 2.39. The molecule has 1 fully saturated rings. The van der Waals surface area contributed by atoms with Gasteiger partial charge in [-0.1, -0.05) is 19.1 Å².